The van der Waals surface area contributed by atoms with Crippen molar-refractivity contribution in [2.75, 3.05) is 0 Å². The molecule has 1 aromatic carbocycles. The quantitative estimate of drug-likeness (QED) is 0.638. The topological polar surface area (TPSA) is 84.5 Å². The first-order chi connectivity index (χ1) is 13.3. The van der Waals surface area contributed by atoms with Crippen molar-refractivity contribution < 1.29 is 19.1 Å². The molecule has 0 fully saturated rings. The minimum atomic E-state index is -1.00. The van der Waals surface area contributed by atoms with Gasteiger partial charge in [0.05, 0.1) is 4.88 Å². The summed E-state index contributed by atoms with van der Waals surface area (Å²) in [6.07, 6.45) is -1.00. The summed E-state index contributed by atoms with van der Waals surface area (Å²) in [7, 11) is 0. The van der Waals surface area contributed by atoms with Gasteiger partial charge in [-0.25, -0.2) is 4.79 Å². The molecule has 150 valence electrons. The summed E-state index contributed by atoms with van der Waals surface area (Å²) in [6, 6.07) is 9.73. The second-order valence-corrected chi connectivity index (χ2v) is 7.92. The number of rotatable bonds is 8. The number of hydrogen-bond donors (Lipinski definition) is 2. The zero-order valence-corrected chi connectivity index (χ0v) is 17.5. The van der Waals surface area contributed by atoms with Crippen LogP contribution in [0.4, 0.5) is 0 Å². The number of amides is 2. The molecule has 1 heterocycles. The van der Waals surface area contributed by atoms with Gasteiger partial charge in [-0.1, -0.05) is 49.7 Å². The second-order valence-electron chi connectivity index (χ2n) is 6.56. The highest BCUT2D eigenvalue weighted by Crippen LogP contribution is 2.15. The molecule has 1 aromatic heterocycles. The fourth-order valence-electron chi connectivity index (χ4n) is 2.39. The lowest BCUT2D eigenvalue weighted by Gasteiger charge is -2.22. The molecule has 2 aromatic rings. The summed E-state index contributed by atoms with van der Waals surface area (Å²) in [5.41, 5.74) is 0.763. The molecule has 0 saturated heterocycles. The van der Waals surface area contributed by atoms with Crippen LogP contribution in [0.5, 0.6) is 0 Å². The zero-order chi connectivity index (χ0) is 20.7. The summed E-state index contributed by atoms with van der Waals surface area (Å²) in [5, 5.41) is 7.69. The second kappa shape index (κ2) is 10.2. The molecule has 0 radical (unpaired) electrons. The lowest BCUT2D eigenvalue weighted by atomic mass is 10.0. The van der Waals surface area contributed by atoms with Crippen molar-refractivity contribution in [2.45, 2.75) is 39.5 Å². The van der Waals surface area contributed by atoms with Crippen molar-refractivity contribution in [3.63, 3.8) is 0 Å². The molecule has 2 N–H and O–H groups in total. The molecule has 0 aliphatic carbocycles. The Kier molecular flexibility index (Phi) is 8.02. The van der Waals surface area contributed by atoms with Crippen molar-refractivity contribution >= 4 is 40.7 Å². The summed E-state index contributed by atoms with van der Waals surface area (Å²) in [4.78, 5) is 37.5. The van der Waals surface area contributed by atoms with E-state index in [1.165, 1.54) is 18.3 Å². The molecule has 0 aliphatic rings. The lowest BCUT2D eigenvalue weighted by molar-refractivity contribution is -0.157. The number of thiophene rings is 1. The Morgan fingerprint density at radius 3 is 2.43 bits per heavy atom. The van der Waals surface area contributed by atoms with E-state index in [1.54, 1.807) is 49.6 Å². The minimum Gasteiger partial charge on any atom is -0.451 e. The van der Waals surface area contributed by atoms with E-state index in [-0.39, 0.29) is 18.4 Å². The number of carbonyl (C=O) groups is 3. The van der Waals surface area contributed by atoms with Crippen LogP contribution in [-0.2, 0) is 20.9 Å². The number of esters is 1. The Bertz CT molecular complexity index is 823. The Morgan fingerprint density at radius 1 is 1.11 bits per heavy atom. The normalized spacial score (nSPS) is 12.9. The van der Waals surface area contributed by atoms with Crippen LogP contribution in [0.1, 0.15) is 36.0 Å². The average Bonchev–Trinajstić information content (AvgIpc) is 3.19. The van der Waals surface area contributed by atoms with E-state index in [4.69, 9.17) is 16.3 Å². The fraction of sp³-hybridized carbons (Fsp3) is 0.350. The molecule has 8 heteroatoms. The van der Waals surface area contributed by atoms with Gasteiger partial charge in [0, 0.05) is 11.6 Å². The predicted molar refractivity (Wildman–Crippen MR) is 109 cm³/mol. The molecule has 0 saturated carbocycles. The fourth-order valence-corrected chi connectivity index (χ4v) is 3.22. The van der Waals surface area contributed by atoms with Gasteiger partial charge in [-0.3, -0.25) is 9.59 Å². The molecule has 28 heavy (non-hydrogen) atoms. The molecule has 0 unspecified atom stereocenters. The summed E-state index contributed by atoms with van der Waals surface area (Å²) in [5.74, 6) is -1.64. The Hall–Kier alpha value is -2.38. The molecule has 6 nitrogen and oxygen atoms in total. The van der Waals surface area contributed by atoms with Crippen LogP contribution in [0.3, 0.4) is 0 Å². The van der Waals surface area contributed by atoms with Crippen molar-refractivity contribution in [2.24, 2.45) is 5.92 Å². The third kappa shape index (κ3) is 6.07. The van der Waals surface area contributed by atoms with Crippen LogP contribution in [0.2, 0.25) is 5.02 Å². The predicted octanol–water partition coefficient (Wildman–Crippen LogP) is 3.40. The minimum absolute atomic E-state index is 0.199. The van der Waals surface area contributed by atoms with Gasteiger partial charge in [0.25, 0.3) is 11.8 Å². The van der Waals surface area contributed by atoms with Gasteiger partial charge in [0.2, 0.25) is 0 Å². The zero-order valence-electron chi connectivity index (χ0n) is 15.9. The van der Waals surface area contributed by atoms with E-state index in [0.717, 1.165) is 5.56 Å². The lowest BCUT2D eigenvalue weighted by Crippen LogP contribution is -2.47. The number of hydrogen-bond acceptors (Lipinski definition) is 5. The first kappa shape index (κ1) is 21.9. The van der Waals surface area contributed by atoms with Crippen LogP contribution in [0.25, 0.3) is 0 Å². The van der Waals surface area contributed by atoms with E-state index in [0.29, 0.717) is 9.90 Å². The summed E-state index contributed by atoms with van der Waals surface area (Å²) in [6.45, 7) is 5.30. The maximum absolute atomic E-state index is 12.5. The molecule has 0 bridgehead atoms. The summed E-state index contributed by atoms with van der Waals surface area (Å²) < 4.78 is 5.28. The van der Waals surface area contributed by atoms with Gasteiger partial charge in [0.1, 0.15) is 6.04 Å². The van der Waals surface area contributed by atoms with E-state index in [9.17, 15) is 14.4 Å². The maximum atomic E-state index is 12.5. The number of carbonyl (C=O) groups excluding carboxylic acids is 3. The first-order valence-electron chi connectivity index (χ1n) is 8.85. The maximum Gasteiger partial charge on any atom is 0.329 e. The van der Waals surface area contributed by atoms with Crippen LogP contribution in [-0.4, -0.2) is 29.9 Å². The monoisotopic (exact) mass is 422 g/mol. The van der Waals surface area contributed by atoms with Gasteiger partial charge in [0.15, 0.2) is 6.10 Å². The van der Waals surface area contributed by atoms with Gasteiger partial charge in [-0.15, -0.1) is 11.3 Å². The Labute approximate surface area is 173 Å². The standard InChI is InChI=1S/C20H23ClN2O4S/c1-12(2)17(23-19(25)16-9-6-10-28-16)20(26)27-13(3)18(24)22-11-14-7-4-5-8-15(14)21/h4-10,12-13,17H,11H2,1-3H3,(H,22,24)(H,23,25)/t13-,17+/m1/s1. The smallest absolute Gasteiger partial charge is 0.329 e. The van der Waals surface area contributed by atoms with Gasteiger partial charge in [-0.05, 0) is 35.9 Å². The molecule has 0 spiro atoms. The van der Waals surface area contributed by atoms with Gasteiger partial charge < -0.3 is 15.4 Å². The van der Waals surface area contributed by atoms with Crippen LogP contribution < -0.4 is 10.6 Å². The van der Waals surface area contributed by atoms with Crippen LogP contribution >= 0.6 is 22.9 Å². The van der Waals surface area contributed by atoms with Crippen LogP contribution in [0.15, 0.2) is 41.8 Å². The Balaban J connectivity index is 1.91. The van der Waals surface area contributed by atoms with Gasteiger partial charge in [-0.2, -0.15) is 0 Å². The Morgan fingerprint density at radius 2 is 1.82 bits per heavy atom. The molecule has 2 atom stereocenters. The van der Waals surface area contributed by atoms with E-state index in [1.807, 2.05) is 6.07 Å². The molecule has 2 amide bonds. The highest BCUT2D eigenvalue weighted by molar-refractivity contribution is 7.12. The highest BCUT2D eigenvalue weighted by Gasteiger charge is 2.29. The molecular formula is C20H23ClN2O4S. The summed E-state index contributed by atoms with van der Waals surface area (Å²) >= 11 is 7.34. The number of nitrogens with one attached hydrogen (secondary N) is 2. The number of ether oxygens (including phenoxy) is 1. The van der Waals surface area contributed by atoms with Gasteiger partial charge >= 0.3 is 5.97 Å². The van der Waals surface area contributed by atoms with Crippen LogP contribution in [0, 0.1) is 5.92 Å². The number of benzene rings is 1. The highest BCUT2D eigenvalue weighted by atomic mass is 35.5. The van der Waals surface area contributed by atoms with Crippen molar-refractivity contribution in [3.05, 3.63) is 57.2 Å². The average molecular weight is 423 g/mol. The SMILES string of the molecule is CC(C)[C@H](NC(=O)c1cccs1)C(=O)O[C@H](C)C(=O)NCc1ccccc1Cl. The van der Waals surface area contributed by atoms with Crippen molar-refractivity contribution in [1.82, 2.24) is 10.6 Å². The third-order valence-electron chi connectivity index (χ3n) is 4.03. The largest absolute Gasteiger partial charge is 0.451 e. The van der Waals surface area contributed by atoms with E-state index in [2.05, 4.69) is 10.6 Å². The van der Waals surface area contributed by atoms with E-state index >= 15 is 0 Å². The molecule has 0 aliphatic heterocycles. The first-order valence-corrected chi connectivity index (χ1v) is 10.1. The van der Waals surface area contributed by atoms with Crippen molar-refractivity contribution in [3.8, 4) is 0 Å². The van der Waals surface area contributed by atoms with E-state index < -0.39 is 24.0 Å². The third-order valence-corrected chi connectivity index (χ3v) is 5.26. The number of halogens is 1. The van der Waals surface area contributed by atoms with Crippen molar-refractivity contribution in [1.29, 1.82) is 0 Å². The molecule has 2 rings (SSSR count). The molecular weight excluding hydrogens is 400 g/mol.